The standard InChI is InChI=1S/C20H24ClN3/c1-5-14(3)11-17(21)15(4)18(6-2)24-13-16-7-8-19-20(12-16)23-10-9-22-19/h6-12,24H,5,13H2,1-4H3/b14-11+,17-15+,18-6+. The van der Waals surface area contributed by atoms with Crippen molar-refractivity contribution in [1.82, 2.24) is 15.3 Å². The van der Waals surface area contributed by atoms with Gasteiger partial charge in [0, 0.05) is 29.7 Å². The van der Waals surface area contributed by atoms with E-state index < -0.39 is 0 Å². The van der Waals surface area contributed by atoms with Crippen LogP contribution in [0.1, 0.15) is 39.7 Å². The number of halogens is 1. The zero-order chi connectivity index (χ0) is 17.5. The van der Waals surface area contributed by atoms with E-state index in [9.17, 15) is 0 Å². The average molecular weight is 342 g/mol. The van der Waals surface area contributed by atoms with E-state index in [1.54, 1.807) is 12.4 Å². The molecule has 0 spiro atoms. The summed E-state index contributed by atoms with van der Waals surface area (Å²) in [6.07, 6.45) is 8.51. The molecule has 4 heteroatoms. The van der Waals surface area contributed by atoms with E-state index in [1.807, 2.05) is 32.1 Å². The maximum atomic E-state index is 6.44. The normalized spacial score (nSPS) is 13.9. The van der Waals surface area contributed by atoms with Crippen LogP contribution >= 0.6 is 11.6 Å². The second kappa shape index (κ2) is 8.65. The van der Waals surface area contributed by atoms with E-state index in [1.165, 1.54) is 5.57 Å². The molecule has 0 aliphatic heterocycles. The number of hydrogen-bond acceptors (Lipinski definition) is 3. The lowest BCUT2D eigenvalue weighted by molar-refractivity contribution is 0.817. The Morgan fingerprint density at radius 3 is 2.54 bits per heavy atom. The number of allylic oxidation sites excluding steroid dienone is 5. The summed E-state index contributed by atoms with van der Waals surface area (Å²) in [5.41, 5.74) is 6.33. The third kappa shape index (κ3) is 4.68. The number of nitrogens with one attached hydrogen (secondary N) is 1. The van der Waals surface area contributed by atoms with Gasteiger partial charge in [0.25, 0.3) is 0 Å². The van der Waals surface area contributed by atoms with Gasteiger partial charge in [0.2, 0.25) is 0 Å². The Hall–Kier alpha value is -2.13. The molecule has 1 aromatic heterocycles. The summed E-state index contributed by atoms with van der Waals surface area (Å²) in [5.74, 6) is 0. The molecule has 0 aliphatic carbocycles. The smallest absolute Gasteiger partial charge is 0.0890 e. The maximum absolute atomic E-state index is 6.44. The Morgan fingerprint density at radius 1 is 1.17 bits per heavy atom. The van der Waals surface area contributed by atoms with Crippen LogP contribution in [0, 0.1) is 0 Å². The van der Waals surface area contributed by atoms with Crippen molar-refractivity contribution in [3.05, 3.63) is 70.2 Å². The highest BCUT2D eigenvalue weighted by Gasteiger charge is 2.05. The van der Waals surface area contributed by atoms with Crippen LogP contribution < -0.4 is 5.32 Å². The zero-order valence-corrected chi connectivity index (χ0v) is 15.5. The molecule has 2 aromatic rings. The highest BCUT2D eigenvalue weighted by atomic mass is 35.5. The number of rotatable bonds is 6. The fraction of sp³-hybridized carbons (Fsp3) is 0.300. The van der Waals surface area contributed by atoms with Gasteiger partial charge in [-0.2, -0.15) is 0 Å². The van der Waals surface area contributed by atoms with E-state index in [2.05, 4.69) is 41.3 Å². The van der Waals surface area contributed by atoms with Gasteiger partial charge in [-0.1, -0.05) is 36.2 Å². The quantitative estimate of drug-likeness (QED) is 0.706. The summed E-state index contributed by atoms with van der Waals surface area (Å²) in [7, 11) is 0. The fourth-order valence-electron chi connectivity index (χ4n) is 2.32. The van der Waals surface area contributed by atoms with Crippen LogP contribution in [0.2, 0.25) is 0 Å². The van der Waals surface area contributed by atoms with Gasteiger partial charge in [0.05, 0.1) is 11.0 Å². The summed E-state index contributed by atoms with van der Waals surface area (Å²) in [4.78, 5) is 8.65. The summed E-state index contributed by atoms with van der Waals surface area (Å²) in [5, 5.41) is 4.24. The van der Waals surface area contributed by atoms with Crippen molar-refractivity contribution in [3.63, 3.8) is 0 Å². The first kappa shape index (κ1) is 18.2. The van der Waals surface area contributed by atoms with Crippen LogP contribution in [0.25, 0.3) is 11.0 Å². The third-order valence-electron chi connectivity index (χ3n) is 4.00. The predicted molar refractivity (Wildman–Crippen MR) is 103 cm³/mol. The Kier molecular flexibility index (Phi) is 6.56. The monoisotopic (exact) mass is 341 g/mol. The Morgan fingerprint density at radius 2 is 1.88 bits per heavy atom. The molecule has 1 N–H and O–H groups in total. The van der Waals surface area contributed by atoms with E-state index in [-0.39, 0.29) is 0 Å². The zero-order valence-electron chi connectivity index (χ0n) is 14.7. The Bertz CT molecular complexity index is 803. The van der Waals surface area contributed by atoms with Crippen molar-refractivity contribution in [1.29, 1.82) is 0 Å². The summed E-state index contributed by atoms with van der Waals surface area (Å²) < 4.78 is 0. The molecule has 0 fully saturated rings. The second-order valence-corrected chi connectivity index (χ2v) is 6.16. The minimum atomic E-state index is 0.712. The highest BCUT2D eigenvalue weighted by Crippen LogP contribution is 2.20. The summed E-state index contributed by atoms with van der Waals surface area (Å²) >= 11 is 6.44. The molecule has 0 saturated carbocycles. The van der Waals surface area contributed by atoms with Crippen molar-refractivity contribution >= 4 is 22.6 Å². The molecule has 126 valence electrons. The molecule has 0 atom stereocenters. The molecular weight excluding hydrogens is 318 g/mol. The van der Waals surface area contributed by atoms with Gasteiger partial charge in [-0.05, 0) is 56.5 Å². The van der Waals surface area contributed by atoms with Crippen LogP contribution in [-0.2, 0) is 6.54 Å². The average Bonchev–Trinajstić information content (AvgIpc) is 2.61. The molecule has 0 bridgehead atoms. The van der Waals surface area contributed by atoms with E-state index in [0.717, 1.165) is 39.3 Å². The van der Waals surface area contributed by atoms with Crippen LogP contribution in [0.4, 0.5) is 0 Å². The molecule has 3 nitrogen and oxygen atoms in total. The van der Waals surface area contributed by atoms with Gasteiger partial charge in [0.15, 0.2) is 0 Å². The molecular formula is C20H24ClN3. The fourth-order valence-corrected chi connectivity index (χ4v) is 2.61. The largest absolute Gasteiger partial charge is 0.381 e. The SMILES string of the molecule is C\C=C(NCc1ccc2nccnc2c1)/C(C)=C(Cl)\C=C(/C)CC. The van der Waals surface area contributed by atoms with Crippen molar-refractivity contribution in [2.75, 3.05) is 0 Å². The molecule has 0 aliphatic rings. The number of nitrogens with zero attached hydrogens (tertiary/aromatic N) is 2. The number of benzene rings is 1. The van der Waals surface area contributed by atoms with Crippen LogP contribution in [0.5, 0.6) is 0 Å². The Balaban J connectivity index is 2.14. The van der Waals surface area contributed by atoms with E-state index in [0.29, 0.717) is 6.54 Å². The number of hydrogen-bond donors (Lipinski definition) is 1. The van der Waals surface area contributed by atoms with Crippen molar-refractivity contribution in [2.24, 2.45) is 0 Å². The van der Waals surface area contributed by atoms with Gasteiger partial charge in [-0.15, -0.1) is 0 Å². The molecule has 0 unspecified atom stereocenters. The van der Waals surface area contributed by atoms with Gasteiger partial charge in [-0.25, -0.2) is 0 Å². The summed E-state index contributed by atoms with van der Waals surface area (Å²) in [6.45, 7) is 8.98. The molecule has 1 aromatic carbocycles. The first-order valence-electron chi connectivity index (χ1n) is 8.19. The second-order valence-electron chi connectivity index (χ2n) is 5.75. The van der Waals surface area contributed by atoms with Crippen LogP contribution in [0.3, 0.4) is 0 Å². The van der Waals surface area contributed by atoms with Gasteiger partial charge in [0.1, 0.15) is 0 Å². The van der Waals surface area contributed by atoms with Gasteiger partial charge >= 0.3 is 0 Å². The van der Waals surface area contributed by atoms with E-state index >= 15 is 0 Å². The molecule has 0 amide bonds. The Labute approximate surface area is 149 Å². The summed E-state index contributed by atoms with van der Waals surface area (Å²) in [6, 6.07) is 6.13. The topological polar surface area (TPSA) is 37.8 Å². The molecule has 2 rings (SSSR count). The predicted octanol–water partition coefficient (Wildman–Crippen LogP) is 5.49. The number of aromatic nitrogens is 2. The molecule has 24 heavy (non-hydrogen) atoms. The minimum absolute atomic E-state index is 0.712. The van der Waals surface area contributed by atoms with Gasteiger partial charge in [-0.3, -0.25) is 9.97 Å². The van der Waals surface area contributed by atoms with Gasteiger partial charge < -0.3 is 5.32 Å². The molecule has 0 saturated heterocycles. The van der Waals surface area contributed by atoms with Crippen LogP contribution in [-0.4, -0.2) is 9.97 Å². The first-order valence-corrected chi connectivity index (χ1v) is 8.56. The van der Waals surface area contributed by atoms with Crippen molar-refractivity contribution in [2.45, 2.75) is 40.7 Å². The molecule has 1 heterocycles. The first-order chi connectivity index (χ1) is 11.5. The van der Waals surface area contributed by atoms with Crippen LogP contribution in [0.15, 0.2) is 64.6 Å². The lowest BCUT2D eigenvalue weighted by Gasteiger charge is -2.13. The van der Waals surface area contributed by atoms with Crippen molar-refractivity contribution < 1.29 is 0 Å². The number of fused-ring (bicyclic) bond motifs is 1. The highest BCUT2D eigenvalue weighted by molar-refractivity contribution is 6.31. The molecule has 0 radical (unpaired) electrons. The maximum Gasteiger partial charge on any atom is 0.0890 e. The lowest BCUT2D eigenvalue weighted by Crippen LogP contribution is -2.14. The van der Waals surface area contributed by atoms with E-state index in [4.69, 9.17) is 11.6 Å². The third-order valence-corrected chi connectivity index (χ3v) is 4.39. The minimum Gasteiger partial charge on any atom is -0.381 e. The van der Waals surface area contributed by atoms with Crippen molar-refractivity contribution in [3.8, 4) is 0 Å². The lowest BCUT2D eigenvalue weighted by atomic mass is 10.1.